The molecule has 0 amide bonds. The third-order valence-electron chi connectivity index (χ3n) is 3.85. The van der Waals surface area contributed by atoms with Gasteiger partial charge < -0.3 is 18.6 Å². The van der Waals surface area contributed by atoms with Gasteiger partial charge in [-0.2, -0.15) is 0 Å². The fourth-order valence-corrected chi connectivity index (χ4v) is 3.29. The highest BCUT2D eigenvalue weighted by Crippen LogP contribution is 2.42. The molecule has 3 rings (SSSR count). The van der Waals surface area contributed by atoms with Gasteiger partial charge >= 0.3 is 0 Å². The number of rotatable bonds is 3. The lowest BCUT2D eigenvalue weighted by Gasteiger charge is -2.13. The van der Waals surface area contributed by atoms with Crippen LogP contribution in [0.4, 0.5) is 0 Å². The molecule has 0 aliphatic rings. The molecule has 0 fully saturated rings. The molecule has 0 N–H and O–H groups in total. The molecule has 24 heavy (non-hydrogen) atoms. The summed E-state index contributed by atoms with van der Waals surface area (Å²) < 4.78 is 21.7. The summed E-state index contributed by atoms with van der Waals surface area (Å²) in [4.78, 5) is 13.1. The first-order valence-electron chi connectivity index (χ1n) is 6.98. The fraction of sp³-hybridized carbons (Fsp3) is 0.235. The smallest absolute Gasteiger partial charge is 0.204 e. The Kier molecular flexibility index (Phi) is 4.24. The molecule has 2 aromatic carbocycles. The summed E-state index contributed by atoms with van der Waals surface area (Å²) in [6.07, 6.45) is 0. The molecule has 1 heterocycles. The van der Waals surface area contributed by atoms with E-state index >= 15 is 0 Å². The number of methoxy groups -OCH3 is 3. The Morgan fingerprint density at radius 1 is 0.917 bits per heavy atom. The third kappa shape index (κ3) is 2.27. The molecule has 0 aliphatic heterocycles. The van der Waals surface area contributed by atoms with Crippen molar-refractivity contribution in [2.75, 3.05) is 21.3 Å². The van der Waals surface area contributed by atoms with Crippen LogP contribution >= 0.6 is 23.2 Å². The second-order valence-electron chi connectivity index (χ2n) is 5.14. The van der Waals surface area contributed by atoms with Gasteiger partial charge in [-0.15, -0.1) is 0 Å². The van der Waals surface area contributed by atoms with Crippen molar-refractivity contribution in [1.29, 1.82) is 0 Å². The molecule has 0 atom stereocenters. The molecule has 3 aromatic rings. The summed E-state index contributed by atoms with van der Waals surface area (Å²) in [6, 6.07) is 3.22. The van der Waals surface area contributed by atoms with E-state index in [-0.39, 0.29) is 37.8 Å². The molecule has 0 saturated carbocycles. The topological polar surface area (TPSA) is 57.9 Å². The van der Waals surface area contributed by atoms with Crippen LogP contribution in [0, 0.1) is 6.92 Å². The van der Waals surface area contributed by atoms with Gasteiger partial charge in [0, 0.05) is 6.07 Å². The van der Waals surface area contributed by atoms with Crippen LogP contribution in [0.25, 0.3) is 21.9 Å². The average Bonchev–Trinajstić information content (AvgIpc) is 2.57. The van der Waals surface area contributed by atoms with E-state index in [2.05, 4.69) is 0 Å². The maximum atomic E-state index is 13.1. The van der Waals surface area contributed by atoms with Crippen molar-refractivity contribution in [2.24, 2.45) is 0 Å². The molecular weight excluding hydrogens is 355 g/mol. The van der Waals surface area contributed by atoms with E-state index in [0.29, 0.717) is 22.4 Å². The normalized spacial score (nSPS) is 11.1. The summed E-state index contributed by atoms with van der Waals surface area (Å²) in [6.45, 7) is 1.78. The van der Waals surface area contributed by atoms with Gasteiger partial charge in [0.2, 0.25) is 5.43 Å². The summed E-state index contributed by atoms with van der Waals surface area (Å²) in [5, 5.41) is 1.02. The van der Waals surface area contributed by atoms with E-state index in [1.807, 2.05) is 0 Å². The zero-order valence-corrected chi connectivity index (χ0v) is 15.0. The van der Waals surface area contributed by atoms with E-state index in [1.165, 1.54) is 27.4 Å². The van der Waals surface area contributed by atoms with Crippen molar-refractivity contribution in [3.05, 3.63) is 38.0 Å². The van der Waals surface area contributed by atoms with Crippen molar-refractivity contribution in [2.45, 2.75) is 6.92 Å². The van der Waals surface area contributed by atoms with E-state index in [0.717, 1.165) is 0 Å². The highest BCUT2D eigenvalue weighted by atomic mass is 35.5. The zero-order chi connectivity index (χ0) is 17.6. The third-order valence-corrected chi connectivity index (χ3v) is 4.56. The van der Waals surface area contributed by atoms with Crippen molar-refractivity contribution < 1.29 is 18.6 Å². The predicted molar refractivity (Wildman–Crippen MR) is 94.4 cm³/mol. The van der Waals surface area contributed by atoms with Crippen molar-refractivity contribution in [3.8, 4) is 17.2 Å². The minimum Gasteiger partial charge on any atom is -0.495 e. The molecule has 1 aromatic heterocycles. The Balaban J connectivity index is 2.61. The highest BCUT2D eigenvalue weighted by molar-refractivity contribution is 6.37. The number of aryl methyl sites for hydroxylation is 1. The first-order valence-corrected chi connectivity index (χ1v) is 7.74. The van der Waals surface area contributed by atoms with Crippen LogP contribution in [-0.2, 0) is 0 Å². The Morgan fingerprint density at radius 3 is 2.12 bits per heavy atom. The van der Waals surface area contributed by atoms with Crippen LogP contribution < -0.4 is 19.6 Å². The van der Waals surface area contributed by atoms with Crippen molar-refractivity contribution in [1.82, 2.24) is 0 Å². The van der Waals surface area contributed by atoms with Gasteiger partial charge in [-0.05, 0) is 18.6 Å². The minimum absolute atomic E-state index is 0.202. The fourth-order valence-electron chi connectivity index (χ4n) is 2.72. The monoisotopic (exact) mass is 368 g/mol. The van der Waals surface area contributed by atoms with Crippen LogP contribution in [-0.4, -0.2) is 21.3 Å². The molecule has 0 aliphatic carbocycles. The maximum absolute atomic E-state index is 13.1. The van der Waals surface area contributed by atoms with Gasteiger partial charge in [0.25, 0.3) is 0 Å². The molecule has 5 nitrogen and oxygen atoms in total. The van der Waals surface area contributed by atoms with E-state index in [9.17, 15) is 4.79 Å². The number of hydrogen-bond donors (Lipinski definition) is 0. The first kappa shape index (κ1) is 16.7. The molecule has 0 spiro atoms. The SMILES string of the molecule is COc1cc2oc3c(Cl)c(OC)cc(C)c3c(=O)c2c(OC)c1Cl. The number of halogens is 2. The standard InChI is InChI=1S/C17H14Cl2O5/c1-7-5-9(21-2)14(19)17-11(7)15(20)12-8(24-17)6-10(22-3)13(18)16(12)23-4/h5-6H,1-4H3. The maximum Gasteiger partial charge on any atom is 0.204 e. The van der Waals surface area contributed by atoms with Gasteiger partial charge in [-0.1, -0.05) is 23.2 Å². The van der Waals surface area contributed by atoms with Gasteiger partial charge in [0.1, 0.15) is 32.5 Å². The predicted octanol–water partition coefficient (Wildman–Crippen LogP) is 4.59. The average molecular weight is 369 g/mol. The van der Waals surface area contributed by atoms with Crippen LogP contribution in [0.1, 0.15) is 5.56 Å². The van der Waals surface area contributed by atoms with Crippen LogP contribution in [0.3, 0.4) is 0 Å². The van der Waals surface area contributed by atoms with Gasteiger partial charge in [-0.25, -0.2) is 0 Å². The number of hydrogen-bond acceptors (Lipinski definition) is 5. The highest BCUT2D eigenvalue weighted by Gasteiger charge is 2.22. The second-order valence-corrected chi connectivity index (χ2v) is 5.90. The summed E-state index contributed by atoms with van der Waals surface area (Å²) in [5.41, 5.74) is 0.906. The van der Waals surface area contributed by atoms with Crippen molar-refractivity contribution in [3.63, 3.8) is 0 Å². The van der Waals surface area contributed by atoms with Crippen LogP contribution in [0.15, 0.2) is 21.3 Å². The van der Waals surface area contributed by atoms with Crippen LogP contribution in [0.5, 0.6) is 17.2 Å². The van der Waals surface area contributed by atoms with Gasteiger partial charge in [0.05, 0.1) is 26.7 Å². The molecular formula is C17H14Cl2O5. The number of fused-ring (bicyclic) bond motifs is 2. The molecule has 7 heteroatoms. The molecule has 0 radical (unpaired) electrons. The van der Waals surface area contributed by atoms with Crippen LogP contribution in [0.2, 0.25) is 10.0 Å². The zero-order valence-electron chi connectivity index (χ0n) is 13.5. The summed E-state index contributed by atoms with van der Waals surface area (Å²) in [7, 11) is 4.39. The Morgan fingerprint density at radius 2 is 1.54 bits per heavy atom. The Labute approximate surface area is 147 Å². The lowest BCUT2D eigenvalue weighted by atomic mass is 10.1. The van der Waals surface area contributed by atoms with Gasteiger partial charge in [0.15, 0.2) is 11.3 Å². The largest absolute Gasteiger partial charge is 0.495 e. The Hall–Kier alpha value is -2.11. The minimum atomic E-state index is -0.283. The molecule has 0 saturated heterocycles. The number of benzene rings is 2. The van der Waals surface area contributed by atoms with Crippen molar-refractivity contribution >= 4 is 45.1 Å². The van der Waals surface area contributed by atoms with Gasteiger partial charge in [-0.3, -0.25) is 4.79 Å². The molecule has 126 valence electrons. The summed E-state index contributed by atoms with van der Waals surface area (Å²) >= 11 is 12.6. The van der Waals surface area contributed by atoms with E-state index in [4.69, 9.17) is 41.8 Å². The molecule has 0 unspecified atom stereocenters. The molecule has 0 bridgehead atoms. The lowest BCUT2D eigenvalue weighted by molar-refractivity contribution is 0.397. The second kappa shape index (κ2) is 6.07. The van der Waals surface area contributed by atoms with E-state index < -0.39 is 0 Å². The first-order chi connectivity index (χ1) is 11.4. The number of ether oxygens (including phenoxy) is 3. The quantitative estimate of drug-likeness (QED) is 0.632. The lowest BCUT2D eigenvalue weighted by Crippen LogP contribution is -2.07. The summed E-state index contributed by atoms with van der Waals surface area (Å²) in [5.74, 6) is 0.962. The van der Waals surface area contributed by atoms with E-state index in [1.54, 1.807) is 13.0 Å². The Bertz CT molecular complexity index is 1020.